The summed E-state index contributed by atoms with van der Waals surface area (Å²) in [5.41, 5.74) is 8.02. The molecule has 0 aliphatic carbocycles. The summed E-state index contributed by atoms with van der Waals surface area (Å²) in [4.78, 5) is 5.60. The van der Waals surface area contributed by atoms with Crippen molar-refractivity contribution >= 4 is 11.8 Å². The van der Waals surface area contributed by atoms with Gasteiger partial charge in [0.25, 0.3) is 0 Å². The molecule has 2 N–H and O–H groups in total. The van der Waals surface area contributed by atoms with Crippen molar-refractivity contribution in [2.75, 3.05) is 6.26 Å². The smallest absolute Gasteiger partial charge is 0.248 e. The largest absolute Gasteiger partial charge is 0.337 e. The monoisotopic (exact) mass is 297 g/mol. The summed E-state index contributed by atoms with van der Waals surface area (Å²) in [7, 11) is 0. The van der Waals surface area contributed by atoms with E-state index in [0.29, 0.717) is 11.7 Å². The number of nitrogens with two attached hydrogens (primary N) is 1. The SMILES string of the molecule is CSc1ccc(-c2noc([C@@H](N)c3ccccc3)n2)cc1. The average molecular weight is 297 g/mol. The third-order valence-corrected chi connectivity index (χ3v) is 3.96. The third kappa shape index (κ3) is 2.99. The first-order chi connectivity index (χ1) is 10.3. The molecule has 0 unspecified atom stereocenters. The first-order valence-electron chi connectivity index (χ1n) is 6.56. The van der Waals surface area contributed by atoms with Gasteiger partial charge >= 0.3 is 0 Å². The molecule has 0 saturated carbocycles. The second kappa shape index (κ2) is 6.11. The Bertz CT molecular complexity index is 710. The molecule has 0 radical (unpaired) electrons. The Morgan fingerprint density at radius 3 is 2.43 bits per heavy atom. The summed E-state index contributed by atoms with van der Waals surface area (Å²) in [6.07, 6.45) is 2.04. The Morgan fingerprint density at radius 2 is 1.76 bits per heavy atom. The minimum Gasteiger partial charge on any atom is -0.337 e. The van der Waals surface area contributed by atoms with Crippen molar-refractivity contribution < 1.29 is 4.52 Å². The van der Waals surface area contributed by atoms with Gasteiger partial charge in [-0.3, -0.25) is 0 Å². The Morgan fingerprint density at radius 1 is 1.05 bits per heavy atom. The van der Waals surface area contributed by atoms with Crippen LogP contribution in [0.4, 0.5) is 0 Å². The van der Waals surface area contributed by atoms with Crippen LogP contribution < -0.4 is 5.73 Å². The molecule has 1 heterocycles. The van der Waals surface area contributed by atoms with E-state index in [9.17, 15) is 0 Å². The number of benzene rings is 2. The molecule has 0 aliphatic rings. The standard InChI is InChI=1S/C16H15N3OS/c1-21-13-9-7-12(8-10-13)15-18-16(20-19-15)14(17)11-5-3-2-4-6-11/h2-10,14H,17H2,1H3/t14-/m0/s1. The average Bonchev–Trinajstić information content (AvgIpc) is 3.05. The van der Waals surface area contributed by atoms with Gasteiger partial charge in [0.1, 0.15) is 6.04 Å². The highest BCUT2D eigenvalue weighted by Gasteiger charge is 2.17. The Labute approximate surface area is 127 Å². The van der Waals surface area contributed by atoms with Crippen molar-refractivity contribution in [2.45, 2.75) is 10.9 Å². The van der Waals surface area contributed by atoms with Gasteiger partial charge in [0.15, 0.2) is 0 Å². The van der Waals surface area contributed by atoms with Crippen LogP contribution in [-0.2, 0) is 0 Å². The minimum absolute atomic E-state index is 0.405. The van der Waals surface area contributed by atoms with E-state index < -0.39 is 6.04 Å². The van der Waals surface area contributed by atoms with Crippen molar-refractivity contribution in [2.24, 2.45) is 5.73 Å². The van der Waals surface area contributed by atoms with Crippen LogP contribution in [-0.4, -0.2) is 16.4 Å². The topological polar surface area (TPSA) is 64.9 Å². The van der Waals surface area contributed by atoms with Gasteiger partial charge in [-0.15, -0.1) is 11.8 Å². The molecule has 2 aromatic carbocycles. The molecule has 0 saturated heterocycles. The van der Waals surface area contributed by atoms with Crippen molar-refractivity contribution in [3.05, 3.63) is 66.1 Å². The molecule has 5 heteroatoms. The summed E-state index contributed by atoms with van der Waals surface area (Å²) < 4.78 is 5.30. The minimum atomic E-state index is -0.405. The van der Waals surface area contributed by atoms with Gasteiger partial charge in [-0.05, 0) is 36.1 Å². The van der Waals surface area contributed by atoms with E-state index in [-0.39, 0.29) is 0 Å². The molecule has 0 fully saturated rings. The zero-order chi connectivity index (χ0) is 14.7. The Kier molecular flexibility index (Phi) is 4.03. The molecule has 1 aromatic heterocycles. The van der Waals surface area contributed by atoms with Gasteiger partial charge < -0.3 is 10.3 Å². The summed E-state index contributed by atoms with van der Waals surface area (Å²) in [6.45, 7) is 0. The van der Waals surface area contributed by atoms with Gasteiger partial charge in [0, 0.05) is 10.5 Å². The number of aromatic nitrogens is 2. The van der Waals surface area contributed by atoms with E-state index in [4.69, 9.17) is 10.3 Å². The summed E-state index contributed by atoms with van der Waals surface area (Å²) in [6, 6.07) is 17.3. The molecule has 0 bridgehead atoms. The van der Waals surface area contributed by atoms with E-state index in [2.05, 4.69) is 10.1 Å². The second-order valence-corrected chi connectivity index (χ2v) is 5.45. The molecule has 0 amide bonds. The van der Waals surface area contributed by atoms with Gasteiger partial charge in [-0.25, -0.2) is 0 Å². The quantitative estimate of drug-likeness (QED) is 0.747. The summed E-state index contributed by atoms with van der Waals surface area (Å²) >= 11 is 1.70. The van der Waals surface area contributed by atoms with Crippen LogP contribution >= 0.6 is 11.8 Å². The van der Waals surface area contributed by atoms with Crippen LogP contribution in [0.3, 0.4) is 0 Å². The highest BCUT2D eigenvalue weighted by atomic mass is 32.2. The number of nitrogens with zero attached hydrogens (tertiary/aromatic N) is 2. The molecular formula is C16H15N3OS. The van der Waals surface area contributed by atoms with Gasteiger partial charge in [-0.2, -0.15) is 4.98 Å². The molecule has 0 spiro atoms. The molecule has 106 valence electrons. The van der Waals surface area contributed by atoms with Gasteiger partial charge in [-0.1, -0.05) is 35.5 Å². The molecular weight excluding hydrogens is 282 g/mol. The van der Waals surface area contributed by atoms with E-state index in [1.807, 2.05) is 60.9 Å². The third-order valence-electron chi connectivity index (χ3n) is 3.21. The van der Waals surface area contributed by atoms with Crippen LogP contribution in [0.5, 0.6) is 0 Å². The first-order valence-corrected chi connectivity index (χ1v) is 7.79. The molecule has 3 aromatic rings. The Balaban J connectivity index is 1.85. The first kappa shape index (κ1) is 13.9. The number of hydrogen-bond donors (Lipinski definition) is 1. The fraction of sp³-hybridized carbons (Fsp3) is 0.125. The van der Waals surface area contributed by atoms with Crippen molar-refractivity contribution in [1.82, 2.24) is 10.1 Å². The molecule has 21 heavy (non-hydrogen) atoms. The van der Waals surface area contributed by atoms with Crippen molar-refractivity contribution in [1.29, 1.82) is 0 Å². The van der Waals surface area contributed by atoms with E-state index in [1.165, 1.54) is 4.90 Å². The van der Waals surface area contributed by atoms with E-state index in [0.717, 1.165) is 11.1 Å². The lowest BCUT2D eigenvalue weighted by atomic mass is 10.1. The molecule has 0 aliphatic heterocycles. The lowest BCUT2D eigenvalue weighted by Gasteiger charge is -2.05. The summed E-state index contributed by atoms with van der Waals surface area (Å²) in [5.74, 6) is 0.981. The van der Waals surface area contributed by atoms with E-state index >= 15 is 0 Å². The predicted molar refractivity (Wildman–Crippen MR) is 84.0 cm³/mol. The highest BCUT2D eigenvalue weighted by molar-refractivity contribution is 7.98. The molecule has 3 rings (SSSR count). The normalized spacial score (nSPS) is 12.3. The fourth-order valence-corrected chi connectivity index (χ4v) is 2.43. The predicted octanol–water partition coefficient (Wildman–Crippen LogP) is 3.51. The second-order valence-electron chi connectivity index (χ2n) is 4.57. The maximum Gasteiger partial charge on any atom is 0.248 e. The van der Waals surface area contributed by atoms with Crippen molar-refractivity contribution in [3.8, 4) is 11.4 Å². The fourth-order valence-electron chi connectivity index (χ4n) is 2.02. The number of thioether (sulfide) groups is 1. The zero-order valence-electron chi connectivity index (χ0n) is 11.6. The molecule has 1 atom stereocenters. The highest BCUT2D eigenvalue weighted by Crippen LogP contribution is 2.23. The Hall–Kier alpha value is -2.11. The van der Waals surface area contributed by atoms with Crippen LogP contribution in [0.1, 0.15) is 17.5 Å². The van der Waals surface area contributed by atoms with Crippen LogP contribution in [0.2, 0.25) is 0 Å². The van der Waals surface area contributed by atoms with Crippen molar-refractivity contribution in [3.63, 3.8) is 0 Å². The van der Waals surface area contributed by atoms with Crippen LogP contribution in [0, 0.1) is 0 Å². The zero-order valence-corrected chi connectivity index (χ0v) is 12.4. The van der Waals surface area contributed by atoms with Gasteiger partial charge in [0.2, 0.25) is 11.7 Å². The lowest BCUT2D eigenvalue weighted by molar-refractivity contribution is 0.367. The molecule has 4 nitrogen and oxygen atoms in total. The maximum absolute atomic E-state index is 6.15. The maximum atomic E-state index is 6.15. The summed E-state index contributed by atoms with van der Waals surface area (Å²) in [5, 5.41) is 4.02. The van der Waals surface area contributed by atoms with Gasteiger partial charge in [0.05, 0.1) is 0 Å². The number of rotatable bonds is 4. The van der Waals surface area contributed by atoms with Crippen LogP contribution in [0.25, 0.3) is 11.4 Å². The number of hydrogen-bond acceptors (Lipinski definition) is 5. The van der Waals surface area contributed by atoms with Crippen LogP contribution in [0.15, 0.2) is 64.0 Å². The van der Waals surface area contributed by atoms with E-state index in [1.54, 1.807) is 11.8 Å². The lowest BCUT2D eigenvalue weighted by Crippen LogP contribution is -2.11.